The first-order valence-electron chi connectivity index (χ1n) is 3.53. The molecule has 0 spiro atoms. The van der Waals surface area contributed by atoms with Crippen LogP contribution in [0.2, 0.25) is 0 Å². The molecule has 58 valence electrons. The Balaban J connectivity index is 2.56. The molecule has 1 aliphatic heterocycles. The number of hydrogen-bond acceptors (Lipinski definition) is 2. The zero-order valence-corrected chi connectivity index (χ0v) is 6.46. The summed E-state index contributed by atoms with van der Waals surface area (Å²) in [5.74, 6) is 6.45. The molecule has 2 nitrogen and oxygen atoms in total. The second kappa shape index (κ2) is 4.45. The quantitative estimate of drug-likeness (QED) is 0.490. The van der Waals surface area contributed by atoms with Crippen molar-refractivity contribution in [1.82, 2.24) is 0 Å². The summed E-state index contributed by atoms with van der Waals surface area (Å²) in [6.07, 6.45) is 5.98. The number of hydrogen-bond donors (Lipinski definition) is 0. The fraction of sp³-hybridized carbons (Fsp3) is 0.333. The van der Waals surface area contributed by atoms with Crippen molar-refractivity contribution in [1.29, 1.82) is 0 Å². The molecule has 0 unspecified atom stereocenters. The Morgan fingerprint density at radius 2 is 2.55 bits per heavy atom. The predicted molar refractivity (Wildman–Crippen MR) is 42.3 cm³/mol. The molecule has 0 fully saturated rings. The van der Waals surface area contributed by atoms with Crippen LogP contribution in [-0.2, 0) is 9.47 Å². The van der Waals surface area contributed by atoms with Crippen LogP contribution in [0.1, 0.15) is 13.3 Å². The first-order chi connectivity index (χ1) is 5.43. The minimum absolute atomic E-state index is 0.251. The lowest BCUT2D eigenvalue weighted by Gasteiger charge is -1.99. The average Bonchev–Trinajstić information content (AvgIpc) is 2.28. The van der Waals surface area contributed by atoms with Crippen molar-refractivity contribution in [3.05, 3.63) is 24.2 Å². The third kappa shape index (κ3) is 2.81. The minimum atomic E-state index is 0.251. The lowest BCUT2D eigenvalue weighted by atomic mass is 10.4. The summed E-state index contributed by atoms with van der Waals surface area (Å²) in [5, 5.41) is 0. The predicted octanol–water partition coefficient (Wildman–Crippen LogP) is 1.80. The highest BCUT2D eigenvalue weighted by molar-refractivity contribution is 5.26. The van der Waals surface area contributed by atoms with Gasteiger partial charge in [0.15, 0.2) is 5.76 Å². The molecule has 0 aliphatic carbocycles. The van der Waals surface area contributed by atoms with Crippen molar-refractivity contribution in [3.8, 4) is 11.8 Å². The van der Waals surface area contributed by atoms with E-state index in [4.69, 9.17) is 9.47 Å². The van der Waals surface area contributed by atoms with Crippen LogP contribution in [0, 0.1) is 11.8 Å². The van der Waals surface area contributed by atoms with Crippen molar-refractivity contribution in [2.75, 3.05) is 6.79 Å². The van der Waals surface area contributed by atoms with Crippen LogP contribution in [0.5, 0.6) is 0 Å². The van der Waals surface area contributed by atoms with E-state index in [1.165, 1.54) is 0 Å². The minimum Gasteiger partial charge on any atom is -0.465 e. The van der Waals surface area contributed by atoms with E-state index in [9.17, 15) is 0 Å². The van der Waals surface area contributed by atoms with Crippen LogP contribution >= 0.6 is 0 Å². The van der Waals surface area contributed by atoms with Gasteiger partial charge in [-0.3, -0.25) is 0 Å². The third-order valence-corrected chi connectivity index (χ3v) is 1.09. The van der Waals surface area contributed by atoms with Gasteiger partial charge in [0.2, 0.25) is 6.79 Å². The van der Waals surface area contributed by atoms with Crippen LogP contribution in [-0.4, -0.2) is 6.79 Å². The normalized spacial score (nSPS) is 14.8. The molecule has 0 aromatic rings. The van der Waals surface area contributed by atoms with Gasteiger partial charge < -0.3 is 9.47 Å². The molecule has 1 rings (SSSR count). The van der Waals surface area contributed by atoms with Crippen molar-refractivity contribution in [2.24, 2.45) is 0 Å². The molecule has 0 N–H and O–H groups in total. The molecule has 1 aliphatic rings. The summed E-state index contributed by atoms with van der Waals surface area (Å²) in [6, 6.07) is 0. The number of ether oxygens (including phenoxy) is 2. The van der Waals surface area contributed by atoms with Crippen molar-refractivity contribution >= 4 is 0 Å². The lowest BCUT2D eigenvalue weighted by Crippen LogP contribution is -1.91. The second-order valence-corrected chi connectivity index (χ2v) is 1.94. The van der Waals surface area contributed by atoms with Gasteiger partial charge in [-0.25, -0.2) is 0 Å². The summed E-state index contributed by atoms with van der Waals surface area (Å²) >= 11 is 0. The smallest absolute Gasteiger partial charge is 0.230 e. The van der Waals surface area contributed by atoms with Crippen LogP contribution in [0.25, 0.3) is 0 Å². The van der Waals surface area contributed by atoms with E-state index < -0.39 is 0 Å². The maximum Gasteiger partial charge on any atom is 0.230 e. The zero-order valence-electron chi connectivity index (χ0n) is 6.46. The molecule has 0 saturated heterocycles. The molecule has 1 heterocycles. The standard InChI is InChI=1S/C9H10O2/c1-2-3-5-9-6-4-7-10-8-11-9/h4,6-7H,2,8H2,1H3. The summed E-state index contributed by atoms with van der Waals surface area (Å²) in [5.41, 5.74) is 0. The van der Waals surface area contributed by atoms with Gasteiger partial charge in [-0.1, -0.05) is 12.8 Å². The van der Waals surface area contributed by atoms with Crippen LogP contribution < -0.4 is 0 Å². The van der Waals surface area contributed by atoms with Gasteiger partial charge in [0.25, 0.3) is 0 Å². The van der Waals surface area contributed by atoms with Crippen LogP contribution in [0.3, 0.4) is 0 Å². The average molecular weight is 150 g/mol. The molecule has 0 amide bonds. The molecule has 0 radical (unpaired) electrons. The van der Waals surface area contributed by atoms with E-state index in [2.05, 4.69) is 11.8 Å². The third-order valence-electron chi connectivity index (χ3n) is 1.09. The molecular formula is C9H10O2. The van der Waals surface area contributed by atoms with E-state index in [1.807, 2.05) is 6.92 Å². The van der Waals surface area contributed by atoms with Gasteiger partial charge in [0, 0.05) is 6.42 Å². The first kappa shape index (κ1) is 7.74. The van der Waals surface area contributed by atoms with E-state index in [1.54, 1.807) is 18.4 Å². The van der Waals surface area contributed by atoms with Crippen molar-refractivity contribution in [2.45, 2.75) is 13.3 Å². The molecule has 0 aromatic carbocycles. The fourth-order valence-electron chi connectivity index (χ4n) is 0.620. The number of rotatable bonds is 0. The largest absolute Gasteiger partial charge is 0.465 e. The second-order valence-electron chi connectivity index (χ2n) is 1.94. The highest BCUT2D eigenvalue weighted by atomic mass is 16.7. The lowest BCUT2D eigenvalue weighted by molar-refractivity contribution is 0.0388. The monoisotopic (exact) mass is 150 g/mol. The molecule has 0 bridgehead atoms. The maximum absolute atomic E-state index is 5.11. The van der Waals surface area contributed by atoms with Crippen LogP contribution in [0.4, 0.5) is 0 Å². The number of allylic oxidation sites excluding steroid dienone is 3. The van der Waals surface area contributed by atoms with Gasteiger partial charge in [0.05, 0.1) is 6.26 Å². The summed E-state index contributed by atoms with van der Waals surface area (Å²) in [4.78, 5) is 0. The first-order valence-corrected chi connectivity index (χ1v) is 3.53. The van der Waals surface area contributed by atoms with Gasteiger partial charge >= 0.3 is 0 Å². The topological polar surface area (TPSA) is 18.5 Å². The summed E-state index contributed by atoms with van der Waals surface area (Å²) in [6.45, 7) is 2.25. The highest BCUT2D eigenvalue weighted by Gasteiger charge is 1.93. The molecule has 0 aromatic heterocycles. The van der Waals surface area contributed by atoms with E-state index >= 15 is 0 Å². The molecule has 0 atom stereocenters. The van der Waals surface area contributed by atoms with Gasteiger partial charge in [0.1, 0.15) is 0 Å². The summed E-state index contributed by atoms with van der Waals surface area (Å²) < 4.78 is 9.99. The maximum atomic E-state index is 5.11. The zero-order chi connectivity index (χ0) is 7.94. The molecule has 11 heavy (non-hydrogen) atoms. The van der Waals surface area contributed by atoms with Gasteiger partial charge in [-0.05, 0) is 18.1 Å². The fourth-order valence-corrected chi connectivity index (χ4v) is 0.620. The Morgan fingerprint density at radius 3 is 3.36 bits per heavy atom. The van der Waals surface area contributed by atoms with Gasteiger partial charge in [-0.15, -0.1) is 0 Å². The Bertz CT molecular complexity index is 228. The van der Waals surface area contributed by atoms with E-state index in [0.717, 1.165) is 6.42 Å². The van der Waals surface area contributed by atoms with Crippen molar-refractivity contribution in [3.63, 3.8) is 0 Å². The molecule has 0 saturated carbocycles. The Labute approximate surface area is 66.5 Å². The Kier molecular flexibility index (Phi) is 3.14. The van der Waals surface area contributed by atoms with E-state index in [-0.39, 0.29) is 6.79 Å². The SMILES string of the molecule is CCC#CC1=CC=COCO1. The highest BCUT2D eigenvalue weighted by Crippen LogP contribution is 2.00. The Hall–Kier alpha value is -1.36. The van der Waals surface area contributed by atoms with Gasteiger partial charge in [-0.2, -0.15) is 0 Å². The molecule has 2 heteroatoms. The Morgan fingerprint density at radius 1 is 1.64 bits per heavy atom. The summed E-state index contributed by atoms with van der Waals surface area (Å²) in [7, 11) is 0. The van der Waals surface area contributed by atoms with E-state index in [0.29, 0.717) is 5.76 Å². The van der Waals surface area contributed by atoms with Crippen molar-refractivity contribution < 1.29 is 9.47 Å². The molecular weight excluding hydrogens is 140 g/mol. The van der Waals surface area contributed by atoms with Crippen LogP contribution in [0.15, 0.2) is 24.2 Å².